The van der Waals surface area contributed by atoms with Crippen molar-refractivity contribution in [1.82, 2.24) is 15.5 Å². The number of nitrogens with zero attached hydrogens (tertiary/aromatic N) is 1. The van der Waals surface area contributed by atoms with Crippen LogP contribution in [0.5, 0.6) is 0 Å². The molecule has 0 aromatic carbocycles. The van der Waals surface area contributed by atoms with Crippen molar-refractivity contribution in [3.8, 4) is 0 Å². The van der Waals surface area contributed by atoms with Gasteiger partial charge in [-0.2, -0.15) is 16.9 Å². The molecule has 3 nitrogen and oxygen atoms in total. The number of aromatic nitrogens is 2. The Balaban J connectivity index is 1.77. The van der Waals surface area contributed by atoms with Crippen molar-refractivity contribution in [1.29, 1.82) is 0 Å². The van der Waals surface area contributed by atoms with Crippen LogP contribution in [0.4, 0.5) is 0 Å². The summed E-state index contributed by atoms with van der Waals surface area (Å²) >= 11 is 2.08. The number of nitrogens with one attached hydrogen (secondary N) is 2. The Labute approximate surface area is 95.4 Å². The summed E-state index contributed by atoms with van der Waals surface area (Å²) < 4.78 is 0. The van der Waals surface area contributed by atoms with Gasteiger partial charge < -0.3 is 5.32 Å². The second-order valence-corrected chi connectivity index (χ2v) is 5.42. The van der Waals surface area contributed by atoms with Gasteiger partial charge in [0, 0.05) is 17.8 Å². The Kier molecular flexibility index (Phi) is 3.70. The molecule has 15 heavy (non-hydrogen) atoms. The lowest BCUT2D eigenvalue weighted by Gasteiger charge is -2.09. The van der Waals surface area contributed by atoms with Crippen LogP contribution in [-0.2, 0) is 6.54 Å². The number of hydrogen-bond donors (Lipinski definition) is 2. The van der Waals surface area contributed by atoms with Gasteiger partial charge in [0.15, 0.2) is 0 Å². The highest BCUT2D eigenvalue weighted by molar-refractivity contribution is 7.99. The number of H-pyrrole nitrogens is 1. The zero-order valence-corrected chi connectivity index (χ0v) is 10.3. The molecule has 0 saturated carbocycles. The number of aromatic amines is 1. The zero-order valence-electron chi connectivity index (χ0n) is 9.47. The van der Waals surface area contributed by atoms with Crippen LogP contribution in [0.1, 0.15) is 23.4 Å². The molecule has 84 valence electrons. The minimum atomic E-state index is 0.877. The van der Waals surface area contributed by atoms with E-state index >= 15 is 0 Å². The van der Waals surface area contributed by atoms with Crippen LogP contribution in [0.15, 0.2) is 0 Å². The molecule has 2 N–H and O–H groups in total. The van der Waals surface area contributed by atoms with Crippen molar-refractivity contribution in [3.05, 3.63) is 17.0 Å². The molecule has 1 saturated heterocycles. The standard InChI is InChI=1S/C11H19N3S/c1-8-11(9(2)14-13-8)6-12-5-10-3-4-15-7-10/h10,12H,3-7H2,1-2H3,(H,13,14). The summed E-state index contributed by atoms with van der Waals surface area (Å²) in [5.41, 5.74) is 3.65. The predicted molar refractivity (Wildman–Crippen MR) is 65.2 cm³/mol. The van der Waals surface area contributed by atoms with Gasteiger partial charge in [-0.15, -0.1) is 0 Å². The Bertz CT molecular complexity index is 296. The fourth-order valence-corrected chi connectivity index (χ4v) is 3.26. The molecule has 1 aliphatic rings. The first-order valence-corrected chi connectivity index (χ1v) is 6.71. The van der Waals surface area contributed by atoms with Crippen LogP contribution in [0.25, 0.3) is 0 Å². The number of rotatable bonds is 4. The Morgan fingerprint density at radius 3 is 3.00 bits per heavy atom. The van der Waals surface area contributed by atoms with Crippen LogP contribution in [-0.4, -0.2) is 28.2 Å². The van der Waals surface area contributed by atoms with Gasteiger partial charge in [-0.3, -0.25) is 5.10 Å². The molecule has 1 aromatic heterocycles. The Morgan fingerprint density at radius 2 is 2.40 bits per heavy atom. The van der Waals surface area contributed by atoms with Gasteiger partial charge >= 0.3 is 0 Å². The van der Waals surface area contributed by atoms with Crippen molar-refractivity contribution < 1.29 is 0 Å². The number of thioether (sulfide) groups is 1. The van der Waals surface area contributed by atoms with Gasteiger partial charge in [0.2, 0.25) is 0 Å². The van der Waals surface area contributed by atoms with Gasteiger partial charge in [0.05, 0.1) is 5.69 Å². The quantitative estimate of drug-likeness (QED) is 0.822. The van der Waals surface area contributed by atoms with Gasteiger partial charge in [-0.05, 0) is 44.2 Å². The van der Waals surface area contributed by atoms with Crippen LogP contribution >= 0.6 is 11.8 Å². The minimum absolute atomic E-state index is 0.877. The van der Waals surface area contributed by atoms with Gasteiger partial charge in [-0.1, -0.05) is 0 Å². The fraction of sp³-hybridized carbons (Fsp3) is 0.727. The summed E-state index contributed by atoms with van der Waals surface area (Å²) in [4.78, 5) is 0. The van der Waals surface area contributed by atoms with E-state index in [-0.39, 0.29) is 0 Å². The van der Waals surface area contributed by atoms with E-state index in [1.807, 2.05) is 0 Å². The fourth-order valence-electron chi connectivity index (χ4n) is 1.98. The van der Waals surface area contributed by atoms with Gasteiger partial charge in [0.25, 0.3) is 0 Å². The van der Waals surface area contributed by atoms with Crippen LogP contribution in [0.3, 0.4) is 0 Å². The predicted octanol–water partition coefficient (Wildman–Crippen LogP) is 1.87. The van der Waals surface area contributed by atoms with Crippen LogP contribution < -0.4 is 5.32 Å². The second-order valence-electron chi connectivity index (χ2n) is 4.27. The number of hydrogen-bond acceptors (Lipinski definition) is 3. The third-order valence-corrected chi connectivity index (χ3v) is 4.27. The Morgan fingerprint density at radius 1 is 1.53 bits per heavy atom. The molecular weight excluding hydrogens is 206 g/mol. The van der Waals surface area contributed by atoms with Gasteiger partial charge in [0.1, 0.15) is 0 Å². The lowest BCUT2D eigenvalue weighted by Crippen LogP contribution is -2.22. The molecule has 2 rings (SSSR count). The molecule has 0 spiro atoms. The van der Waals surface area contributed by atoms with E-state index in [1.54, 1.807) is 0 Å². The topological polar surface area (TPSA) is 40.7 Å². The van der Waals surface area contributed by atoms with E-state index in [1.165, 1.54) is 29.2 Å². The molecule has 0 aliphatic carbocycles. The molecule has 1 fully saturated rings. The summed E-state index contributed by atoms with van der Waals surface area (Å²) in [6.45, 7) is 6.25. The number of aryl methyl sites for hydroxylation is 2. The van der Waals surface area contributed by atoms with Crippen molar-refractivity contribution in [3.63, 3.8) is 0 Å². The lowest BCUT2D eigenvalue weighted by molar-refractivity contribution is 0.522. The summed E-state index contributed by atoms with van der Waals surface area (Å²) in [5.74, 6) is 3.55. The molecule has 1 aliphatic heterocycles. The molecule has 1 atom stereocenters. The van der Waals surface area contributed by atoms with E-state index in [0.717, 1.165) is 24.7 Å². The van der Waals surface area contributed by atoms with Crippen LogP contribution in [0.2, 0.25) is 0 Å². The highest BCUT2D eigenvalue weighted by Gasteiger charge is 2.15. The minimum Gasteiger partial charge on any atom is -0.312 e. The second kappa shape index (κ2) is 5.03. The monoisotopic (exact) mass is 225 g/mol. The normalized spacial score (nSPS) is 21.1. The highest BCUT2D eigenvalue weighted by Crippen LogP contribution is 2.22. The maximum Gasteiger partial charge on any atom is 0.0638 e. The third-order valence-electron chi connectivity index (χ3n) is 3.04. The van der Waals surface area contributed by atoms with Crippen molar-refractivity contribution in [2.75, 3.05) is 18.1 Å². The first-order chi connectivity index (χ1) is 7.27. The average molecular weight is 225 g/mol. The SMILES string of the molecule is Cc1n[nH]c(C)c1CNCC1CCSC1. The van der Waals surface area contributed by atoms with Gasteiger partial charge in [-0.25, -0.2) is 0 Å². The lowest BCUT2D eigenvalue weighted by atomic mass is 10.1. The molecular formula is C11H19N3S. The van der Waals surface area contributed by atoms with Crippen molar-refractivity contribution in [2.45, 2.75) is 26.8 Å². The van der Waals surface area contributed by atoms with Crippen LogP contribution in [0, 0.1) is 19.8 Å². The first kappa shape index (κ1) is 11.0. The van der Waals surface area contributed by atoms with Crippen molar-refractivity contribution in [2.24, 2.45) is 5.92 Å². The Hall–Kier alpha value is -0.480. The van der Waals surface area contributed by atoms with E-state index in [2.05, 4.69) is 41.1 Å². The van der Waals surface area contributed by atoms with Crippen molar-refractivity contribution >= 4 is 11.8 Å². The molecule has 4 heteroatoms. The third kappa shape index (κ3) is 2.75. The summed E-state index contributed by atoms with van der Waals surface area (Å²) in [6.07, 6.45) is 1.38. The smallest absolute Gasteiger partial charge is 0.0638 e. The van der Waals surface area contributed by atoms with E-state index < -0.39 is 0 Å². The van der Waals surface area contributed by atoms with E-state index in [0.29, 0.717) is 0 Å². The first-order valence-electron chi connectivity index (χ1n) is 5.56. The van der Waals surface area contributed by atoms with E-state index in [4.69, 9.17) is 0 Å². The zero-order chi connectivity index (χ0) is 10.7. The van der Waals surface area contributed by atoms with E-state index in [9.17, 15) is 0 Å². The molecule has 0 bridgehead atoms. The molecule has 0 radical (unpaired) electrons. The maximum absolute atomic E-state index is 4.20. The molecule has 1 aromatic rings. The summed E-state index contributed by atoms with van der Waals surface area (Å²) in [7, 11) is 0. The average Bonchev–Trinajstić information content (AvgIpc) is 2.82. The summed E-state index contributed by atoms with van der Waals surface area (Å²) in [5, 5.41) is 10.8. The molecule has 1 unspecified atom stereocenters. The largest absolute Gasteiger partial charge is 0.312 e. The highest BCUT2D eigenvalue weighted by atomic mass is 32.2. The molecule has 0 amide bonds. The molecule has 2 heterocycles. The maximum atomic E-state index is 4.20. The summed E-state index contributed by atoms with van der Waals surface area (Å²) in [6, 6.07) is 0.